The Hall–Kier alpha value is -1.41. The normalized spacial score (nSPS) is 23.8. The number of nitrogens with zero attached hydrogens (tertiary/aromatic N) is 1. The number of nitrogen functional groups attached to an aromatic ring is 1. The number of amides is 1. The van der Waals surface area contributed by atoms with Gasteiger partial charge in [-0.2, -0.15) is 0 Å². The Morgan fingerprint density at radius 2 is 2.35 bits per heavy atom. The quantitative estimate of drug-likeness (QED) is 0.401. The van der Waals surface area contributed by atoms with Crippen LogP contribution in [0.15, 0.2) is 10.5 Å². The number of hydrogen-bond donors (Lipinski definition) is 3. The monoisotopic (exact) mass is 283 g/mol. The van der Waals surface area contributed by atoms with Crippen molar-refractivity contribution >= 4 is 5.91 Å². The molecular formula is C13H21N3O4. The molecule has 1 aromatic heterocycles. The van der Waals surface area contributed by atoms with Crippen molar-refractivity contribution in [2.75, 3.05) is 19.7 Å². The number of furan rings is 1. The summed E-state index contributed by atoms with van der Waals surface area (Å²) in [5.74, 6) is 5.61. The first-order chi connectivity index (χ1) is 9.53. The van der Waals surface area contributed by atoms with Crippen LogP contribution in [0.1, 0.15) is 28.8 Å². The Bertz CT molecular complexity index is 474. The van der Waals surface area contributed by atoms with Crippen LogP contribution in [0, 0.1) is 6.92 Å². The summed E-state index contributed by atoms with van der Waals surface area (Å²) < 4.78 is 11.1. The van der Waals surface area contributed by atoms with Crippen molar-refractivity contribution in [3.8, 4) is 0 Å². The molecule has 0 bridgehead atoms. The summed E-state index contributed by atoms with van der Waals surface area (Å²) in [6, 6.07) is 1.83. The molecule has 7 heteroatoms. The molecule has 0 spiro atoms. The van der Waals surface area contributed by atoms with Crippen molar-refractivity contribution in [2.45, 2.75) is 32.6 Å². The van der Waals surface area contributed by atoms with Gasteiger partial charge in [-0.15, -0.1) is 0 Å². The van der Waals surface area contributed by atoms with E-state index in [1.165, 1.54) is 0 Å². The molecule has 2 rings (SSSR count). The van der Waals surface area contributed by atoms with Crippen molar-refractivity contribution in [1.29, 1.82) is 0 Å². The number of aryl methyl sites for hydroxylation is 1. The van der Waals surface area contributed by atoms with Gasteiger partial charge in [0, 0.05) is 18.7 Å². The third-order valence-corrected chi connectivity index (χ3v) is 3.29. The smallest absolute Gasteiger partial charge is 0.301 e. The molecule has 2 unspecified atom stereocenters. The van der Waals surface area contributed by atoms with Gasteiger partial charge in [0.25, 0.3) is 0 Å². The average molecular weight is 283 g/mol. The molecule has 1 amide bonds. The standard InChI is InChI=1S/C13H21N3O4/c1-8-3-10(20-12(8)13(18)15-14)5-16-4-9(2)19-11(6-16)7-17/h3,9,11,17H,4-7,14H2,1-2H3,(H,15,18). The molecule has 1 fully saturated rings. The molecule has 20 heavy (non-hydrogen) atoms. The minimum atomic E-state index is -0.433. The lowest BCUT2D eigenvalue weighted by Crippen LogP contribution is -2.47. The third kappa shape index (κ3) is 3.37. The summed E-state index contributed by atoms with van der Waals surface area (Å²) in [6.07, 6.45) is -0.120. The Balaban J connectivity index is 2.04. The fourth-order valence-electron chi connectivity index (χ4n) is 2.51. The summed E-state index contributed by atoms with van der Waals surface area (Å²) in [5.41, 5.74) is 2.82. The van der Waals surface area contributed by atoms with Gasteiger partial charge in [-0.1, -0.05) is 0 Å². The molecule has 2 heterocycles. The van der Waals surface area contributed by atoms with Gasteiger partial charge in [0.05, 0.1) is 25.4 Å². The fourth-order valence-corrected chi connectivity index (χ4v) is 2.51. The van der Waals surface area contributed by atoms with Crippen LogP contribution >= 0.6 is 0 Å². The summed E-state index contributed by atoms with van der Waals surface area (Å²) in [5, 5.41) is 9.20. The molecule has 7 nitrogen and oxygen atoms in total. The number of carbonyl (C=O) groups is 1. The second-order valence-electron chi connectivity index (χ2n) is 5.14. The molecule has 2 atom stereocenters. The second kappa shape index (κ2) is 6.36. The Labute approximate surface area is 117 Å². The fraction of sp³-hybridized carbons (Fsp3) is 0.615. The molecule has 1 aliphatic heterocycles. The maximum atomic E-state index is 11.5. The van der Waals surface area contributed by atoms with E-state index in [2.05, 4.69) is 10.3 Å². The minimum Gasteiger partial charge on any atom is -0.454 e. The van der Waals surface area contributed by atoms with Crippen LogP contribution in [0.25, 0.3) is 0 Å². The zero-order valence-electron chi connectivity index (χ0n) is 11.8. The Morgan fingerprint density at radius 1 is 1.60 bits per heavy atom. The van der Waals surface area contributed by atoms with Crippen LogP contribution in [0.4, 0.5) is 0 Å². The van der Waals surface area contributed by atoms with Crippen molar-refractivity contribution in [3.05, 3.63) is 23.2 Å². The van der Waals surface area contributed by atoms with Gasteiger partial charge in [-0.25, -0.2) is 5.84 Å². The topological polar surface area (TPSA) is 101 Å². The average Bonchev–Trinajstić information content (AvgIpc) is 2.77. The molecule has 0 aliphatic carbocycles. The van der Waals surface area contributed by atoms with Crippen molar-refractivity contribution in [2.24, 2.45) is 5.84 Å². The van der Waals surface area contributed by atoms with E-state index >= 15 is 0 Å². The van der Waals surface area contributed by atoms with Crippen LogP contribution in [-0.2, 0) is 11.3 Å². The van der Waals surface area contributed by atoms with Crippen molar-refractivity contribution in [3.63, 3.8) is 0 Å². The molecule has 112 valence electrons. The van der Waals surface area contributed by atoms with E-state index in [0.717, 1.165) is 12.1 Å². The largest absolute Gasteiger partial charge is 0.454 e. The van der Waals surface area contributed by atoms with Gasteiger partial charge in [-0.05, 0) is 19.9 Å². The van der Waals surface area contributed by atoms with Crippen LogP contribution in [-0.4, -0.2) is 47.8 Å². The number of ether oxygens (including phenoxy) is 1. The zero-order chi connectivity index (χ0) is 14.7. The number of aliphatic hydroxyl groups is 1. The number of morpholine rings is 1. The maximum absolute atomic E-state index is 11.5. The summed E-state index contributed by atoms with van der Waals surface area (Å²) in [4.78, 5) is 13.6. The maximum Gasteiger partial charge on any atom is 0.301 e. The van der Waals surface area contributed by atoms with Crippen LogP contribution in [0.3, 0.4) is 0 Å². The van der Waals surface area contributed by atoms with Gasteiger partial charge >= 0.3 is 5.91 Å². The molecular weight excluding hydrogens is 262 g/mol. The molecule has 0 saturated carbocycles. The molecule has 0 radical (unpaired) electrons. The van der Waals surface area contributed by atoms with Gasteiger partial charge < -0.3 is 14.3 Å². The second-order valence-corrected chi connectivity index (χ2v) is 5.14. The molecule has 1 saturated heterocycles. The summed E-state index contributed by atoms with van der Waals surface area (Å²) in [7, 11) is 0. The number of aliphatic hydroxyl groups excluding tert-OH is 1. The van der Waals surface area contributed by atoms with E-state index in [9.17, 15) is 9.90 Å². The van der Waals surface area contributed by atoms with Gasteiger partial charge in [0.15, 0.2) is 5.76 Å². The highest BCUT2D eigenvalue weighted by molar-refractivity contribution is 5.92. The van der Waals surface area contributed by atoms with E-state index in [1.807, 2.05) is 13.0 Å². The first-order valence-electron chi connectivity index (χ1n) is 6.62. The predicted molar refractivity (Wildman–Crippen MR) is 71.8 cm³/mol. The molecule has 1 aliphatic rings. The lowest BCUT2D eigenvalue weighted by atomic mass is 10.2. The SMILES string of the molecule is Cc1cc(CN2CC(C)OC(CO)C2)oc1C(=O)NN. The highest BCUT2D eigenvalue weighted by Gasteiger charge is 2.26. The van der Waals surface area contributed by atoms with Crippen LogP contribution < -0.4 is 11.3 Å². The lowest BCUT2D eigenvalue weighted by Gasteiger charge is -2.35. The predicted octanol–water partition coefficient (Wildman–Crippen LogP) is -0.227. The summed E-state index contributed by atoms with van der Waals surface area (Å²) in [6.45, 7) is 5.74. The number of hydrogen-bond acceptors (Lipinski definition) is 6. The minimum absolute atomic E-state index is 0.00114. The van der Waals surface area contributed by atoms with E-state index in [0.29, 0.717) is 18.8 Å². The van der Waals surface area contributed by atoms with Crippen molar-refractivity contribution < 1.29 is 19.1 Å². The van der Waals surface area contributed by atoms with Crippen LogP contribution in [0.2, 0.25) is 0 Å². The third-order valence-electron chi connectivity index (χ3n) is 3.29. The lowest BCUT2D eigenvalue weighted by molar-refractivity contribution is -0.0983. The Kier molecular flexibility index (Phi) is 4.77. The highest BCUT2D eigenvalue weighted by Crippen LogP contribution is 2.19. The molecule has 4 N–H and O–H groups in total. The van der Waals surface area contributed by atoms with E-state index in [1.54, 1.807) is 6.92 Å². The highest BCUT2D eigenvalue weighted by atomic mass is 16.5. The molecule has 0 aromatic carbocycles. The molecule has 1 aromatic rings. The van der Waals surface area contributed by atoms with E-state index < -0.39 is 5.91 Å². The number of rotatable bonds is 4. The number of hydrazine groups is 1. The number of carbonyl (C=O) groups excluding carboxylic acids is 1. The first-order valence-corrected chi connectivity index (χ1v) is 6.62. The van der Waals surface area contributed by atoms with E-state index in [4.69, 9.17) is 15.0 Å². The Morgan fingerprint density at radius 3 is 3.00 bits per heavy atom. The van der Waals surface area contributed by atoms with Gasteiger partial charge in [0.1, 0.15) is 5.76 Å². The van der Waals surface area contributed by atoms with E-state index in [-0.39, 0.29) is 24.6 Å². The summed E-state index contributed by atoms with van der Waals surface area (Å²) >= 11 is 0. The van der Waals surface area contributed by atoms with Gasteiger partial charge in [-0.3, -0.25) is 15.1 Å². The van der Waals surface area contributed by atoms with Crippen molar-refractivity contribution in [1.82, 2.24) is 10.3 Å². The van der Waals surface area contributed by atoms with Crippen LogP contribution in [0.5, 0.6) is 0 Å². The van der Waals surface area contributed by atoms with Gasteiger partial charge in [0.2, 0.25) is 0 Å². The number of nitrogens with two attached hydrogens (primary N) is 1. The zero-order valence-corrected chi connectivity index (χ0v) is 11.8. The number of nitrogens with one attached hydrogen (secondary N) is 1. The first kappa shape index (κ1) is 15.0.